The van der Waals surface area contributed by atoms with E-state index in [9.17, 15) is 25.9 Å². The predicted octanol–water partition coefficient (Wildman–Crippen LogP) is 1.42. The third-order valence-corrected chi connectivity index (χ3v) is 4.72. The summed E-state index contributed by atoms with van der Waals surface area (Å²) in [6.07, 6.45) is 0. The summed E-state index contributed by atoms with van der Waals surface area (Å²) >= 11 is 0. The molecule has 0 N–H and O–H groups in total. The Morgan fingerprint density at radius 3 is 1.09 bits per heavy atom. The molecule has 6 nitrogen and oxygen atoms in total. The van der Waals surface area contributed by atoms with Crippen LogP contribution in [0.15, 0.2) is 58.3 Å². The van der Waals surface area contributed by atoms with Gasteiger partial charge in [-0.1, -0.05) is 36.4 Å². The van der Waals surface area contributed by atoms with E-state index in [0.717, 1.165) is 0 Å². The summed E-state index contributed by atoms with van der Waals surface area (Å²) in [5, 5.41) is 0. The summed E-state index contributed by atoms with van der Waals surface area (Å²) in [6, 6.07) is 12.2. The van der Waals surface area contributed by atoms with E-state index in [1.807, 2.05) is 0 Å². The van der Waals surface area contributed by atoms with Crippen LogP contribution in [0, 0.1) is 13.8 Å². The minimum atomic E-state index is -4.28. The van der Waals surface area contributed by atoms with E-state index < -0.39 is 20.2 Å². The van der Waals surface area contributed by atoms with Crippen LogP contribution in [0.3, 0.4) is 0 Å². The Morgan fingerprint density at radius 2 is 0.913 bits per heavy atom. The van der Waals surface area contributed by atoms with Crippen LogP contribution in [-0.4, -0.2) is 53.2 Å². The van der Waals surface area contributed by atoms with Crippen LogP contribution in [0.5, 0.6) is 0 Å². The van der Waals surface area contributed by atoms with Crippen molar-refractivity contribution in [3.63, 3.8) is 0 Å². The molecule has 23 heavy (non-hydrogen) atoms. The molecule has 0 bridgehead atoms. The Hall–Kier alpha value is -0.818. The molecule has 0 aliphatic carbocycles. The zero-order chi connectivity index (χ0) is 17.0. The van der Waals surface area contributed by atoms with Crippen molar-refractivity contribution in [3.05, 3.63) is 59.7 Å². The first-order valence-corrected chi connectivity index (χ1v) is 8.88. The van der Waals surface area contributed by atoms with E-state index in [4.69, 9.17) is 0 Å². The van der Waals surface area contributed by atoms with Crippen molar-refractivity contribution in [2.75, 3.05) is 0 Å². The Bertz CT molecular complexity index is 787. The van der Waals surface area contributed by atoms with Crippen LogP contribution in [-0.2, 0) is 20.2 Å². The second-order valence-electron chi connectivity index (χ2n) is 4.44. The number of aryl methyl sites for hydroxylation is 2. The van der Waals surface area contributed by atoms with Crippen LogP contribution >= 0.6 is 0 Å². The summed E-state index contributed by atoms with van der Waals surface area (Å²) in [7, 11) is -8.57. The molecule has 0 fully saturated rings. The van der Waals surface area contributed by atoms with Crippen LogP contribution in [0.1, 0.15) is 11.1 Å². The molecular formula is C14H14O6PbS2. The number of hydrogen-bond donors (Lipinski definition) is 0. The van der Waals surface area contributed by atoms with Gasteiger partial charge >= 0.3 is 27.3 Å². The van der Waals surface area contributed by atoms with Crippen molar-refractivity contribution in [3.8, 4) is 0 Å². The zero-order valence-corrected chi connectivity index (χ0v) is 17.9. The van der Waals surface area contributed by atoms with Crippen LogP contribution < -0.4 is 0 Å². The Morgan fingerprint density at radius 1 is 0.652 bits per heavy atom. The summed E-state index contributed by atoms with van der Waals surface area (Å²) in [4.78, 5) is -0.278. The minimum absolute atomic E-state index is 0. The van der Waals surface area contributed by atoms with Gasteiger partial charge in [-0.25, -0.2) is 16.8 Å². The van der Waals surface area contributed by atoms with Gasteiger partial charge in [0.05, 0.1) is 9.79 Å². The van der Waals surface area contributed by atoms with E-state index in [-0.39, 0.29) is 37.1 Å². The SMILES string of the molecule is Cc1ccccc1S(=O)(=O)[O-].Cc1ccccc1S(=O)(=O)[O-].[Pb+2]. The standard InChI is InChI=1S/2C7H8O3S.Pb/c2*1-6-4-2-3-5-7(6)11(8,9)10;/h2*2-5H,1H3,(H,8,9,10);/q;;+2/p-2. The summed E-state index contributed by atoms with van der Waals surface area (Å²) in [6.45, 7) is 3.18. The van der Waals surface area contributed by atoms with Gasteiger partial charge in [0, 0.05) is 0 Å². The van der Waals surface area contributed by atoms with Crippen molar-refractivity contribution in [2.24, 2.45) is 0 Å². The van der Waals surface area contributed by atoms with E-state index in [0.29, 0.717) is 11.1 Å². The maximum Gasteiger partial charge on any atom is 2.00 e. The van der Waals surface area contributed by atoms with Crippen LogP contribution in [0.4, 0.5) is 0 Å². The molecule has 0 atom stereocenters. The third kappa shape index (κ3) is 7.08. The summed E-state index contributed by atoms with van der Waals surface area (Å²) in [5.74, 6) is 0. The molecule has 0 amide bonds. The van der Waals surface area contributed by atoms with Crippen LogP contribution in [0.2, 0.25) is 0 Å². The molecule has 0 heterocycles. The van der Waals surface area contributed by atoms with E-state index >= 15 is 0 Å². The van der Waals surface area contributed by atoms with Crippen molar-refractivity contribution < 1.29 is 25.9 Å². The third-order valence-electron chi connectivity index (χ3n) is 2.73. The maximum atomic E-state index is 10.5. The summed E-state index contributed by atoms with van der Waals surface area (Å²) < 4.78 is 63.0. The molecule has 0 aliphatic rings. The van der Waals surface area contributed by atoms with Gasteiger partial charge in [-0.3, -0.25) is 0 Å². The van der Waals surface area contributed by atoms with Crippen molar-refractivity contribution in [2.45, 2.75) is 23.6 Å². The van der Waals surface area contributed by atoms with Gasteiger partial charge in [0.2, 0.25) is 0 Å². The number of benzene rings is 2. The molecule has 0 saturated heterocycles. The number of hydrogen-bond acceptors (Lipinski definition) is 6. The first kappa shape index (κ1) is 22.2. The van der Waals surface area contributed by atoms with Gasteiger partial charge < -0.3 is 9.11 Å². The second-order valence-corrected chi connectivity index (χ2v) is 7.14. The van der Waals surface area contributed by atoms with Gasteiger partial charge in [0.15, 0.2) is 0 Å². The van der Waals surface area contributed by atoms with Crippen molar-refractivity contribution in [1.29, 1.82) is 0 Å². The molecular weight excluding hydrogens is 535 g/mol. The minimum Gasteiger partial charge on any atom is -0.744 e. The molecule has 0 saturated carbocycles. The molecule has 0 aliphatic heterocycles. The fourth-order valence-corrected chi connectivity index (χ4v) is 3.09. The van der Waals surface area contributed by atoms with E-state index in [1.54, 1.807) is 38.1 Å². The average molecular weight is 550 g/mol. The largest absolute Gasteiger partial charge is 2.00 e. The first-order valence-electron chi connectivity index (χ1n) is 6.06. The molecule has 0 spiro atoms. The van der Waals surface area contributed by atoms with Gasteiger partial charge in [0.1, 0.15) is 20.2 Å². The molecule has 2 rings (SSSR count). The summed E-state index contributed by atoms with van der Waals surface area (Å²) in [5.41, 5.74) is 0.977. The van der Waals surface area contributed by atoms with E-state index in [2.05, 4.69) is 0 Å². The molecule has 2 radical (unpaired) electrons. The second kappa shape index (κ2) is 8.87. The fraction of sp³-hybridized carbons (Fsp3) is 0.143. The first-order chi connectivity index (χ1) is 10.0. The van der Waals surface area contributed by atoms with Gasteiger partial charge in [-0.2, -0.15) is 0 Å². The van der Waals surface area contributed by atoms with Gasteiger partial charge in [-0.15, -0.1) is 0 Å². The van der Waals surface area contributed by atoms with E-state index in [1.165, 1.54) is 24.3 Å². The Kier molecular flexibility index (Phi) is 8.56. The van der Waals surface area contributed by atoms with Gasteiger partial charge in [0.25, 0.3) is 0 Å². The van der Waals surface area contributed by atoms with Gasteiger partial charge in [-0.05, 0) is 37.1 Å². The maximum absolute atomic E-state index is 10.5. The number of rotatable bonds is 2. The smallest absolute Gasteiger partial charge is 0.744 e. The normalized spacial score (nSPS) is 11.0. The van der Waals surface area contributed by atoms with Crippen molar-refractivity contribution in [1.82, 2.24) is 0 Å². The van der Waals surface area contributed by atoms with Crippen molar-refractivity contribution >= 4 is 47.5 Å². The Balaban J connectivity index is 0.000000403. The quantitative estimate of drug-likeness (QED) is 0.414. The molecule has 0 unspecified atom stereocenters. The topological polar surface area (TPSA) is 114 Å². The molecule has 9 heteroatoms. The predicted molar refractivity (Wildman–Crippen MR) is 84.0 cm³/mol. The Labute approximate surface area is 156 Å². The fourth-order valence-electron chi connectivity index (χ4n) is 1.67. The molecule has 0 aromatic heterocycles. The monoisotopic (exact) mass is 550 g/mol. The average Bonchev–Trinajstić information content (AvgIpc) is 2.37. The van der Waals surface area contributed by atoms with Crippen LogP contribution in [0.25, 0.3) is 0 Å². The molecule has 122 valence electrons. The molecule has 2 aromatic carbocycles. The zero-order valence-electron chi connectivity index (χ0n) is 12.4. The molecule has 2 aromatic rings.